The summed E-state index contributed by atoms with van der Waals surface area (Å²) in [6.07, 6.45) is 9.31. The van der Waals surface area contributed by atoms with Crippen LogP contribution in [0.4, 0.5) is 0 Å². The Hall–Kier alpha value is -2.10. The van der Waals surface area contributed by atoms with Gasteiger partial charge in [-0.3, -0.25) is 4.79 Å². The number of hydrazone groups is 1. The van der Waals surface area contributed by atoms with Crippen molar-refractivity contribution >= 4 is 12.1 Å². The number of nitrogens with zero attached hydrogens (tertiary/aromatic N) is 1. The van der Waals surface area contributed by atoms with E-state index in [0.717, 1.165) is 19.3 Å². The number of methoxy groups -OCH3 is 1. The van der Waals surface area contributed by atoms with Crippen LogP contribution in [0.3, 0.4) is 0 Å². The minimum atomic E-state index is -0.250. The third kappa shape index (κ3) is 3.68. The van der Waals surface area contributed by atoms with Crippen LogP contribution in [0.5, 0.6) is 5.75 Å². The summed E-state index contributed by atoms with van der Waals surface area (Å²) >= 11 is 0. The lowest BCUT2D eigenvalue weighted by molar-refractivity contribution is 0.0952. The van der Waals surface area contributed by atoms with Gasteiger partial charge in [-0.25, -0.2) is 5.43 Å². The predicted octanol–water partition coefficient (Wildman–Crippen LogP) is 2.77. The van der Waals surface area contributed by atoms with Crippen molar-refractivity contribution in [2.24, 2.45) is 11.0 Å². The quantitative estimate of drug-likeness (QED) is 0.513. The summed E-state index contributed by atoms with van der Waals surface area (Å²) in [4.78, 5) is 11.9. The highest BCUT2D eigenvalue weighted by Gasteiger charge is 2.11. The average molecular weight is 258 g/mol. The molecule has 1 aromatic rings. The molecule has 19 heavy (non-hydrogen) atoms. The second kappa shape index (κ2) is 6.73. The van der Waals surface area contributed by atoms with Crippen LogP contribution >= 0.6 is 0 Å². The zero-order valence-electron chi connectivity index (χ0n) is 11.0. The van der Waals surface area contributed by atoms with Gasteiger partial charge in [0, 0.05) is 6.21 Å². The summed E-state index contributed by atoms with van der Waals surface area (Å²) < 4.78 is 5.14. The molecular weight excluding hydrogens is 240 g/mol. The summed E-state index contributed by atoms with van der Waals surface area (Å²) in [5.41, 5.74) is 3.04. The third-order valence-electron chi connectivity index (χ3n) is 3.11. The van der Waals surface area contributed by atoms with Crippen molar-refractivity contribution in [3.8, 4) is 5.75 Å². The number of carbonyl (C=O) groups excluding carboxylic acids is 1. The van der Waals surface area contributed by atoms with Crippen molar-refractivity contribution < 1.29 is 9.53 Å². The summed E-state index contributed by atoms with van der Waals surface area (Å²) in [5.74, 6) is 0.721. The first kappa shape index (κ1) is 13.3. The zero-order valence-corrected chi connectivity index (χ0v) is 11.0. The van der Waals surface area contributed by atoms with E-state index in [1.807, 2.05) is 12.3 Å². The molecule has 0 aliphatic heterocycles. The topological polar surface area (TPSA) is 50.7 Å². The highest BCUT2D eigenvalue weighted by atomic mass is 16.5. The predicted molar refractivity (Wildman–Crippen MR) is 75.4 cm³/mol. The Kier molecular flexibility index (Phi) is 4.72. The van der Waals surface area contributed by atoms with E-state index in [9.17, 15) is 4.79 Å². The number of nitrogens with one attached hydrogen (secondary N) is 1. The second-order valence-electron chi connectivity index (χ2n) is 4.46. The lowest BCUT2D eigenvalue weighted by Gasteiger charge is -2.12. The molecule has 1 N–H and O–H groups in total. The van der Waals surface area contributed by atoms with Gasteiger partial charge < -0.3 is 4.74 Å². The van der Waals surface area contributed by atoms with Crippen molar-refractivity contribution in [2.45, 2.75) is 19.3 Å². The number of benzene rings is 1. The van der Waals surface area contributed by atoms with Crippen LogP contribution in [0.2, 0.25) is 0 Å². The Morgan fingerprint density at radius 3 is 3.00 bits per heavy atom. The third-order valence-corrected chi connectivity index (χ3v) is 3.11. The number of rotatable bonds is 4. The van der Waals surface area contributed by atoms with E-state index in [0.29, 0.717) is 17.2 Å². The Morgan fingerprint density at radius 2 is 2.26 bits per heavy atom. The highest BCUT2D eigenvalue weighted by Crippen LogP contribution is 2.17. The molecule has 0 radical (unpaired) electrons. The molecule has 0 saturated carbocycles. The molecule has 0 fully saturated rings. The van der Waals surface area contributed by atoms with E-state index >= 15 is 0 Å². The van der Waals surface area contributed by atoms with Gasteiger partial charge in [0.25, 0.3) is 5.91 Å². The lowest BCUT2D eigenvalue weighted by Crippen LogP contribution is -2.19. The largest absolute Gasteiger partial charge is 0.496 e. The molecule has 1 aromatic carbocycles. The number of amides is 1. The van der Waals surface area contributed by atoms with E-state index in [1.54, 1.807) is 25.3 Å². The zero-order chi connectivity index (χ0) is 13.5. The summed E-state index contributed by atoms with van der Waals surface area (Å²) in [6, 6.07) is 7.10. The van der Waals surface area contributed by atoms with E-state index < -0.39 is 0 Å². The van der Waals surface area contributed by atoms with Crippen molar-refractivity contribution in [2.75, 3.05) is 7.11 Å². The second-order valence-corrected chi connectivity index (χ2v) is 4.46. The minimum Gasteiger partial charge on any atom is -0.496 e. The van der Waals surface area contributed by atoms with Crippen LogP contribution < -0.4 is 10.2 Å². The van der Waals surface area contributed by atoms with Crippen molar-refractivity contribution in [3.05, 3.63) is 42.0 Å². The number of ether oxygens (including phenoxy) is 1. The van der Waals surface area contributed by atoms with E-state index in [1.165, 1.54) is 0 Å². The molecule has 1 atom stereocenters. The molecule has 1 unspecified atom stereocenters. The van der Waals surface area contributed by atoms with Crippen LogP contribution in [0.1, 0.15) is 29.6 Å². The summed E-state index contributed by atoms with van der Waals surface area (Å²) in [7, 11) is 1.55. The Bertz CT molecular complexity index is 495. The first-order valence-corrected chi connectivity index (χ1v) is 6.43. The molecule has 1 aliphatic carbocycles. The van der Waals surface area contributed by atoms with Gasteiger partial charge in [-0.05, 0) is 37.3 Å². The first-order valence-electron chi connectivity index (χ1n) is 6.43. The average Bonchev–Trinajstić information content (AvgIpc) is 2.48. The maximum absolute atomic E-state index is 11.9. The van der Waals surface area contributed by atoms with Crippen LogP contribution in [-0.4, -0.2) is 19.2 Å². The summed E-state index contributed by atoms with van der Waals surface area (Å²) in [6.45, 7) is 0. The van der Waals surface area contributed by atoms with Crippen LogP contribution in [0.25, 0.3) is 0 Å². The van der Waals surface area contributed by atoms with Crippen molar-refractivity contribution in [1.29, 1.82) is 0 Å². The fraction of sp³-hybridized carbons (Fsp3) is 0.333. The SMILES string of the molecule is COc1ccccc1C(=O)N/N=C/C1CC=CCC1. The Balaban J connectivity index is 1.93. The van der Waals surface area contributed by atoms with E-state index in [-0.39, 0.29) is 5.91 Å². The van der Waals surface area contributed by atoms with Crippen LogP contribution in [-0.2, 0) is 0 Å². The lowest BCUT2D eigenvalue weighted by atomic mass is 9.96. The van der Waals surface area contributed by atoms with Crippen molar-refractivity contribution in [3.63, 3.8) is 0 Å². The number of hydrogen-bond acceptors (Lipinski definition) is 3. The Morgan fingerprint density at radius 1 is 1.42 bits per heavy atom. The maximum atomic E-state index is 11.9. The monoisotopic (exact) mass is 258 g/mol. The number of allylic oxidation sites excluding steroid dienone is 2. The molecule has 0 saturated heterocycles. The maximum Gasteiger partial charge on any atom is 0.275 e. The normalized spacial score (nSPS) is 18.5. The van der Waals surface area contributed by atoms with Gasteiger partial charge in [0.15, 0.2) is 0 Å². The van der Waals surface area contributed by atoms with Gasteiger partial charge in [-0.15, -0.1) is 0 Å². The van der Waals surface area contributed by atoms with Gasteiger partial charge in [0.1, 0.15) is 5.75 Å². The smallest absolute Gasteiger partial charge is 0.275 e. The molecule has 4 nitrogen and oxygen atoms in total. The van der Waals surface area contributed by atoms with Crippen molar-refractivity contribution in [1.82, 2.24) is 5.43 Å². The molecule has 1 amide bonds. The van der Waals surface area contributed by atoms with Crippen LogP contribution in [0.15, 0.2) is 41.5 Å². The first-order chi connectivity index (χ1) is 9.31. The van der Waals surface area contributed by atoms with Crippen LogP contribution in [0, 0.1) is 5.92 Å². The van der Waals surface area contributed by atoms with E-state index in [2.05, 4.69) is 22.7 Å². The number of para-hydroxylation sites is 1. The van der Waals surface area contributed by atoms with Gasteiger partial charge in [-0.1, -0.05) is 24.3 Å². The molecule has 100 valence electrons. The number of carbonyl (C=O) groups is 1. The standard InChI is InChI=1S/C15H18N2O2/c1-19-14-10-6-5-9-13(14)15(18)17-16-11-12-7-3-2-4-8-12/h2-3,5-6,9-12H,4,7-8H2,1H3,(H,17,18)/b16-11+. The fourth-order valence-electron chi connectivity index (χ4n) is 2.05. The molecule has 0 aromatic heterocycles. The molecule has 4 heteroatoms. The molecule has 1 aliphatic rings. The Labute approximate surface area is 113 Å². The van der Waals surface area contributed by atoms with E-state index in [4.69, 9.17) is 4.74 Å². The molecule has 2 rings (SSSR count). The van der Waals surface area contributed by atoms with Gasteiger partial charge in [-0.2, -0.15) is 5.10 Å². The van der Waals surface area contributed by atoms with Gasteiger partial charge in [0.2, 0.25) is 0 Å². The van der Waals surface area contributed by atoms with Gasteiger partial charge in [0.05, 0.1) is 12.7 Å². The highest BCUT2D eigenvalue weighted by molar-refractivity contribution is 5.97. The molecule has 0 spiro atoms. The molecule has 0 bridgehead atoms. The minimum absolute atomic E-state index is 0.250. The molecule has 0 heterocycles. The van der Waals surface area contributed by atoms with Gasteiger partial charge >= 0.3 is 0 Å². The fourth-order valence-corrected chi connectivity index (χ4v) is 2.05. The number of hydrogen-bond donors (Lipinski definition) is 1. The summed E-state index contributed by atoms with van der Waals surface area (Å²) in [5, 5.41) is 4.03. The molecular formula is C15H18N2O2.